The van der Waals surface area contributed by atoms with Crippen LogP contribution in [0.4, 0.5) is 10.6 Å². The van der Waals surface area contributed by atoms with E-state index in [1.807, 2.05) is 6.07 Å². The number of carbonyl (C=O) groups excluding carboxylic acids is 2. The summed E-state index contributed by atoms with van der Waals surface area (Å²) in [7, 11) is 0. The molecule has 2 saturated heterocycles. The molecule has 0 aliphatic carbocycles. The zero-order valence-electron chi connectivity index (χ0n) is 12.9. The van der Waals surface area contributed by atoms with Crippen molar-refractivity contribution in [3.05, 3.63) is 29.1 Å². The average Bonchev–Trinajstić information content (AvgIpc) is 2.92. The van der Waals surface area contributed by atoms with Crippen molar-refractivity contribution in [3.8, 4) is 0 Å². The molecule has 2 aliphatic heterocycles. The predicted octanol–water partition coefficient (Wildman–Crippen LogP) is 1.69. The molecule has 2 aromatic rings. The summed E-state index contributed by atoms with van der Waals surface area (Å²) >= 11 is 0.886. The number of fused-ring (bicyclic) bond motifs is 1. The van der Waals surface area contributed by atoms with Crippen molar-refractivity contribution < 1.29 is 9.59 Å². The molecular weight excluding hydrogens is 365 g/mol. The zero-order chi connectivity index (χ0) is 16.5. The third kappa shape index (κ3) is 4.12. The zero-order valence-corrected chi connectivity index (χ0v) is 13.7. The number of nitrogens with one attached hydrogen (secondary N) is 1. The fourth-order valence-electron chi connectivity index (χ4n) is 2.92. The number of amides is 2. The molecular formula is C16H16KN5O2S. The van der Waals surface area contributed by atoms with Crippen LogP contribution in [-0.2, 0) is 4.79 Å². The van der Waals surface area contributed by atoms with Crippen molar-refractivity contribution in [3.63, 3.8) is 0 Å². The first-order valence-electron chi connectivity index (χ1n) is 7.82. The molecule has 0 unspecified atom stereocenters. The van der Waals surface area contributed by atoms with Crippen molar-refractivity contribution in [2.45, 2.75) is 19.3 Å². The number of anilines is 1. The number of hydrogen-bond donors (Lipinski definition) is 1. The summed E-state index contributed by atoms with van der Waals surface area (Å²) in [5.74, 6) is 0.451. The Morgan fingerprint density at radius 1 is 1.12 bits per heavy atom. The van der Waals surface area contributed by atoms with Gasteiger partial charge in [-0.1, -0.05) is 0 Å². The molecule has 2 aliphatic rings. The Balaban J connectivity index is 0.00000182. The van der Waals surface area contributed by atoms with Crippen LogP contribution >= 0.6 is 11.8 Å². The number of carbonyl (C=O) groups is 2. The number of rotatable bonds is 2. The van der Waals surface area contributed by atoms with Gasteiger partial charge < -0.3 is 4.90 Å². The molecule has 4 heterocycles. The topological polar surface area (TPSA) is 88.1 Å². The summed E-state index contributed by atoms with van der Waals surface area (Å²) in [6.45, 7) is 1.93. The quantitative estimate of drug-likeness (QED) is 0.625. The van der Waals surface area contributed by atoms with Gasteiger partial charge in [-0.25, -0.2) is 15.0 Å². The van der Waals surface area contributed by atoms with Crippen molar-refractivity contribution in [1.29, 1.82) is 0 Å². The fourth-order valence-corrected chi connectivity index (χ4v) is 3.58. The van der Waals surface area contributed by atoms with Crippen LogP contribution in [-0.4, -0.2) is 90.6 Å². The molecule has 0 bridgehead atoms. The molecule has 2 aromatic heterocycles. The minimum atomic E-state index is -0.382. The van der Waals surface area contributed by atoms with Gasteiger partial charge in [0.15, 0.2) is 5.82 Å². The van der Waals surface area contributed by atoms with Gasteiger partial charge in [0.1, 0.15) is 11.8 Å². The van der Waals surface area contributed by atoms with Gasteiger partial charge in [0.25, 0.3) is 11.1 Å². The van der Waals surface area contributed by atoms with Crippen molar-refractivity contribution >= 4 is 97.2 Å². The first-order valence-corrected chi connectivity index (χ1v) is 8.64. The Morgan fingerprint density at radius 3 is 2.64 bits per heavy atom. The Morgan fingerprint density at radius 2 is 1.92 bits per heavy atom. The monoisotopic (exact) mass is 381 g/mol. The van der Waals surface area contributed by atoms with Crippen LogP contribution in [0, 0.1) is 0 Å². The second kappa shape index (κ2) is 8.23. The number of aromatic nitrogens is 3. The van der Waals surface area contributed by atoms with Gasteiger partial charge in [0.05, 0.1) is 16.1 Å². The first kappa shape index (κ1) is 18.9. The normalized spacial score (nSPS) is 19.2. The van der Waals surface area contributed by atoms with Gasteiger partial charge in [-0.3, -0.25) is 14.9 Å². The molecule has 0 spiro atoms. The van der Waals surface area contributed by atoms with Crippen LogP contribution in [0.2, 0.25) is 0 Å². The maximum atomic E-state index is 11.7. The van der Waals surface area contributed by atoms with E-state index in [-0.39, 0.29) is 62.5 Å². The molecule has 7 nitrogen and oxygen atoms in total. The van der Waals surface area contributed by atoms with Gasteiger partial charge in [-0.05, 0) is 49.2 Å². The second-order valence-corrected chi connectivity index (χ2v) is 6.72. The molecule has 2 amide bonds. The van der Waals surface area contributed by atoms with E-state index in [4.69, 9.17) is 0 Å². The SMILES string of the molecule is O=C1NC(=O)/C(=C/c2ccc3ncnc(N4CCCCC4)c3n2)S1.[KH]. The number of imide groups is 1. The molecule has 9 heteroatoms. The van der Waals surface area contributed by atoms with Gasteiger partial charge >= 0.3 is 51.4 Å². The first-order chi connectivity index (χ1) is 11.7. The van der Waals surface area contributed by atoms with E-state index in [9.17, 15) is 9.59 Å². The number of piperidine rings is 1. The molecule has 4 rings (SSSR count). The number of nitrogens with zero attached hydrogens (tertiary/aromatic N) is 4. The molecule has 1 N–H and O–H groups in total. The van der Waals surface area contributed by atoms with Gasteiger partial charge in [-0.15, -0.1) is 0 Å². The molecule has 0 radical (unpaired) electrons. The van der Waals surface area contributed by atoms with Crippen molar-refractivity contribution in [2.24, 2.45) is 0 Å². The second-order valence-electron chi connectivity index (χ2n) is 5.70. The standard InChI is InChI=1S/C16H15N5O2S.K.H/c22-15-12(24-16(23)20-15)8-10-4-5-11-13(19-10)14(18-9-17-11)21-6-2-1-3-7-21;;/h4-5,8-9H,1-3,6-7H2,(H,20,22,23);;/b12-8-;;. The summed E-state index contributed by atoms with van der Waals surface area (Å²) in [6.07, 6.45) is 6.72. The Labute approximate surface area is 191 Å². The van der Waals surface area contributed by atoms with E-state index in [0.717, 1.165) is 54.5 Å². The van der Waals surface area contributed by atoms with Crippen LogP contribution in [0.15, 0.2) is 23.4 Å². The van der Waals surface area contributed by atoms with Gasteiger partial charge in [0, 0.05) is 13.1 Å². The van der Waals surface area contributed by atoms with Gasteiger partial charge in [0.2, 0.25) is 0 Å². The van der Waals surface area contributed by atoms with Crippen LogP contribution in [0.1, 0.15) is 25.0 Å². The van der Waals surface area contributed by atoms with E-state index in [0.29, 0.717) is 10.6 Å². The molecule has 2 fully saturated rings. The number of thioether (sulfide) groups is 1. The molecule has 124 valence electrons. The Kier molecular flexibility index (Phi) is 6.24. The third-order valence-corrected chi connectivity index (χ3v) is 4.87. The number of pyridine rings is 1. The average molecular weight is 382 g/mol. The molecule has 0 saturated carbocycles. The van der Waals surface area contributed by atoms with E-state index >= 15 is 0 Å². The summed E-state index contributed by atoms with van der Waals surface area (Å²) < 4.78 is 0. The molecule has 0 aromatic carbocycles. The van der Waals surface area contributed by atoms with E-state index < -0.39 is 0 Å². The summed E-state index contributed by atoms with van der Waals surface area (Å²) in [6, 6.07) is 3.65. The van der Waals surface area contributed by atoms with Crippen molar-refractivity contribution in [2.75, 3.05) is 18.0 Å². The summed E-state index contributed by atoms with van der Waals surface area (Å²) in [5, 5.41) is 1.89. The van der Waals surface area contributed by atoms with E-state index in [1.165, 1.54) is 6.42 Å². The van der Waals surface area contributed by atoms with Crippen LogP contribution in [0.5, 0.6) is 0 Å². The van der Waals surface area contributed by atoms with Crippen LogP contribution in [0.25, 0.3) is 17.1 Å². The Hall–Kier alpha value is -0.844. The van der Waals surface area contributed by atoms with Crippen LogP contribution < -0.4 is 10.2 Å². The van der Waals surface area contributed by atoms with E-state index in [1.54, 1.807) is 18.5 Å². The fraction of sp³-hybridized carbons (Fsp3) is 0.312. The van der Waals surface area contributed by atoms with Crippen LogP contribution in [0.3, 0.4) is 0 Å². The Bertz CT molecular complexity index is 867. The van der Waals surface area contributed by atoms with Crippen molar-refractivity contribution in [1.82, 2.24) is 20.3 Å². The van der Waals surface area contributed by atoms with Gasteiger partial charge in [-0.2, -0.15) is 0 Å². The van der Waals surface area contributed by atoms with E-state index in [2.05, 4.69) is 25.2 Å². The minimum absolute atomic E-state index is 0. The summed E-state index contributed by atoms with van der Waals surface area (Å²) in [5.41, 5.74) is 2.11. The molecule has 0 atom stereocenters. The number of hydrogen-bond acceptors (Lipinski definition) is 7. The third-order valence-electron chi connectivity index (χ3n) is 4.06. The predicted molar refractivity (Wildman–Crippen MR) is 99.7 cm³/mol. The molecule has 25 heavy (non-hydrogen) atoms. The maximum absolute atomic E-state index is 11.7. The summed E-state index contributed by atoms with van der Waals surface area (Å²) in [4.78, 5) is 38.9.